The zero-order valence-electron chi connectivity index (χ0n) is 80.3. The Morgan fingerprint density at radius 2 is 0.722 bits per heavy atom. The van der Waals surface area contributed by atoms with Gasteiger partial charge in [-0.05, 0) is 195 Å². The van der Waals surface area contributed by atoms with Gasteiger partial charge in [-0.2, -0.15) is 0 Å². The van der Waals surface area contributed by atoms with E-state index in [2.05, 4.69) is 106 Å². The minimum absolute atomic E-state index is 0.00459. The van der Waals surface area contributed by atoms with Gasteiger partial charge in [0.2, 0.25) is 76.8 Å². The molecule has 0 bridgehead atoms. The summed E-state index contributed by atoms with van der Waals surface area (Å²) in [7, 11) is 3.08. The van der Waals surface area contributed by atoms with Crippen molar-refractivity contribution >= 4 is 124 Å². The Balaban J connectivity index is 1.23. The Bertz CT molecular complexity index is 5150. The third kappa shape index (κ3) is 39.0. The lowest BCUT2D eigenvalue weighted by Crippen LogP contribution is -2.60. The lowest BCUT2D eigenvalue weighted by Gasteiger charge is -2.36. The van der Waals surface area contributed by atoms with E-state index in [1.807, 2.05) is 0 Å². The molecule has 14 amide bonds. The van der Waals surface area contributed by atoms with Gasteiger partial charge in [0.1, 0.15) is 89.2 Å². The lowest BCUT2D eigenvalue weighted by molar-refractivity contribution is -0.136. The summed E-state index contributed by atoms with van der Waals surface area (Å²) in [5.41, 5.74) is 50.4. The molecule has 6 rings (SSSR count). The summed E-state index contributed by atoms with van der Waals surface area (Å²) in [5, 5.41) is 119. The second-order valence-corrected chi connectivity index (χ2v) is 33.9. The Morgan fingerprint density at radius 1 is 0.368 bits per heavy atom. The number of rotatable bonds is 63. The molecule has 4 aromatic carbocycles. The quantitative estimate of drug-likeness (QED) is 0.00845. The van der Waals surface area contributed by atoms with Gasteiger partial charge >= 0.3 is 5.97 Å². The summed E-state index contributed by atoms with van der Waals surface area (Å²) in [4.78, 5) is 218. The molecule has 2 aliphatic heterocycles. The number of benzene rings is 4. The van der Waals surface area contributed by atoms with Crippen LogP contribution in [0.3, 0.4) is 0 Å². The molecule has 144 heavy (non-hydrogen) atoms. The molecule has 788 valence electrons. The van der Waals surface area contributed by atoms with Gasteiger partial charge in [-0.25, -0.2) is 4.79 Å². The monoisotopic (exact) mass is 2020 g/mol. The Hall–Kier alpha value is -16.3. The molecule has 0 radical (unpaired) electrons. The third-order valence-corrected chi connectivity index (χ3v) is 22.8. The highest BCUT2D eigenvalue weighted by atomic mass is 16.6. The highest BCUT2D eigenvalue weighted by molar-refractivity contribution is 6.03. The fourth-order valence-corrected chi connectivity index (χ4v) is 15.4. The molecule has 0 unspecified atom stereocenters. The standard InChI is InChI=1S/C90H138N34O20/c1-105-89(106-2)113-41-12-20-64(80(139)122-63(19-11-40-112-88(103)104)81(140)124-65(31-32-69(93)128)82(141)123-62(18-10-39-111-87(101)102)79(138)120-61(17-9-38-110-86(99)100)76(135)117-57(72(94)131)15-7-36-108-84(95)96)121-78(137)60(14-4-6-35-92)119-77(136)59(13-3-5-34-91)118-75(134)58(16-8-37-109-85(97)98)115-71(130)47-114-74(133)66(43-48-21-24-50(125)25-22-48)116-70(129)33-42-107-73(132)49-23-28-53-56(44-49)90(144-83(53)142)54-29-26-51(126)45-67(54)143-68-46-52(127)27-30-55(68)90/h21-30,44-46,57-66,125-127H,3-20,31-43,47,91-92H2,1-2H3,(H2,93,128)(H2,94,131)(H,107,132)(H,114,133)(H,115,130)(H,116,129)(H,117,135)(H,118,134)(H,119,136)(H,120,138)(H,121,137)(H,122,139)(H,123,141)(H,124,140)(H4,95,96,108)(H4,97,98,109)(H4,99,100,110)(H4,101,102,111)(H4,103,104,112)(H2,105,106,113)/t57-,58-,59-,60-,61-,62-,63-,64-,65-,66-/m0/s1. The van der Waals surface area contributed by atoms with Gasteiger partial charge in [-0.3, -0.25) is 99.2 Å². The number of aromatic hydroxyl groups is 3. The van der Waals surface area contributed by atoms with E-state index < -0.39 is 204 Å². The molecule has 1 spiro atoms. The van der Waals surface area contributed by atoms with Crippen LogP contribution >= 0.6 is 0 Å². The zero-order valence-corrected chi connectivity index (χ0v) is 80.3. The summed E-state index contributed by atoms with van der Waals surface area (Å²) in [6, 6.07) is 2.85. The van der Waals surface area contributed by atoms with Crippen molar-refractivity contribution in [3.05, 3.63) is 112 Å². The smallest absolute Gasteiger partial charge is 0.340 e. The number of amides is 14. The van der Waals surface area contributed by atoms with Gasteiger partial charge in [0.25, 0.3) is 5.91 Å². The molecule has 0 saturated heterocycles. The number of nitrogens with one attached hydrogen (secondary N) is 24. The SMILES string of the molecule is CN=C(NC)NCCC[C@H](NC(=O)[C@H](CCCCN)NC(=O)[C@H](CCCCN)NC(=O)[C@H](CCCNC(=N)N)NC(=O)CNC(=O)[C@H](Cc1ccc(O)cc1)NC(=O)CCNC(=O)c1ccc2c(c1)C1(OC2=O)c2ccc(O)cc2Oc2cc(O)ccc21)C(=O)N[C@@H](CCCNC(=N)N)C(=O)N[C@@H](CCC(N)=O)C(=O)N[C@@H](CCCNC(=N)N)C(=O)N[C@@H](CCCNC(=N)N)C(=O)N[C@@H](CCCNC(=N)N)C(N)=O. The fraction of sp³-hybridized carbons (Fsp3) is 0.500. The summed E-state index contributed by atoms with van der Waals surface area (Å²) in [6.45, 7) is -0.746. The zero-order chi connectivity index (χ0) is 106. The summed E-state index contributed by atoms with van der Waals surface area (Å²) >= 11 is 0. The van der Waals surface area contributed by atoms with Gasteiger partial charge in [0.05, 0.1) is 12.1 Å². The number of unbranched alkanes of at least 4 members (excludes halogenated alkanes) is 2. The van der Waals surface area contributed by atoms with E-state index in [9.17, 15) is 72.9 Å². The highest BCUT2D eigenvalue weighted by Crippen LogP contribution is 2.57. The number of hydrogen-bond acceptors (Lipinski definition) is 28. The van der Waals surface area contributed by atoms with E-state index in [4.69, 9.17) is 88.1 Å². The van der Waals surface area contributed by atoms with Crippen molar-refractivity contribution in [1.82, 2.24) is 101 Å². The number of fused-ring (bicyclic) bond motifs is 6. The van der Waals surface area contributed by atoms with E-state index in [0.717, 1.165) is 0 Å². The maximum Gasteiger partial charge on any atom is 0.340 e. The van der Waals surface area contributed by atoms with Crippen LogP contribution in [0, 0.1) is 27.0 Å². The molecule has 2 heterocycles. The highest BCUT2D eigenvalue weighted by Gasteiger charge is 2.54. The number of nitrogens with two attached hydrogens (primary N) is 9. The van der Waals surface area contributed by atoms with E-state index in [1.54, 1.807) is 7.05 Å². The average molecular weight is 2020 g/mol. The molecule has 0 saturated carbocycles. The average Bonchev–Trinajstić information content (AvgIpc) is 1.50. The number of phenols is 3. The fourth-order valence-electron chi connectivity index (χ4n) is 15.4. The molecule has 0 aliphatic carbocycles. The normalized spacial score (nSPS) is 13.9. The van der Waals surface area contributed by atoms with Crippen LogP contribution in [0.4, 0.5) is 0 Å². The number of primary amides is 2. The summed E-state index contributed by atoms with van der Waals surface area (Å²) < 4.78 is 12.2. The second kappa shape index (κ2) is 60.0. The number of carbonyl (C=O) groups is 15. The molecular formula is C90H138N34O20. The van der Waals surface area contributed by atoms with Crippen molar-refractivity contribution in [3.8, 4) is 28.7 Å². The van der Waals surface area contributed by atoms with E-state index in [-0.39, 0.29) is 219 Å². The van der Waals surface area contributed by atoms with Gasteiger partial charge in [-0.1, -0.05) is 12.1 Å². The topological polar surface area (TPSA) is 930 Å². The first-order chi connectivity index (χ1) is 68.6. The first-order valence-electron chi connectivity index (χ1n) is 46.9. The van der Waals surface area contributed by atoms with Gasteiger partial charge in [0, 0.05) is 114 Å². The number of phenolic OH excluding ortho intramolecular Hbond substituents is 3. The molecule has 45 N–H and O–H groups in total. The predicted molar refractivity (Wildman–Crippen MR) is 528 cm³/mol. The van der Waals surface area contributed by atoms with Crippen LogP contribution < -0.4 is 157 Å². The molecule has 0 aromatic heterocycles. The van der Waals surface area contributed by atoms with Crippen LogP contribution in [0.25, 0.3) is 0 Å². The van der Waals surface area contributed by atoms with Crippen molar-refractivity contribution in [3.63, 3.8) is 0 Å². The molecule has 0 fully saturated rings. The van der Waals surface area contributed by atoms with Gasteiger partial charge < -0.3 is 177 Å². The van der Waals surface area contributed by atoms with Crippen LogP contribution in [0.1, 0.15) is 178 Å². The third-order valence-electron chi connectivity index (χ3n) is 22.8. The summed E-state index contributed by atoms with van der Waals surface area (Å²) in [6.07, 6.45) is -1.76. The number of guanidine groups is 6. The van der Waals surface area contributed by atoms with Crippen molar-refractivity contribution in [2.45, 2.75) is 207 Å². The maximum absolute atomic E-state index is 15.2. The van der Waals surface area contributed by atoms with E-state index in [1.165, 1.54) is 85.9 Å². The van der Waals surface area contributed by atoms with Crippen LogP contribution in [-0.4, -0.2) is 280 Å². The maximum atomic E-state index is 15.2. The number of hydrogen-bond donors (Lipinski definition) is 36. The molecule has 2 aliphatic rings. The van der Waals surface area contributed by atoms with Crippen molar-refractivity contribution < 1.29 is 96.7 Å². The molecule has 10 atom stereocenters. The largest absolute Gasteiger partial charge is 0.508 e. The summed E-state index contributed by atoms with van der Waals surface area (Å²) in [5.74, 6) is -16.0. The van der Waals surface area contributed by atoms with Crippen LogP contribution in [0.5, 0.6) is 28.7 Å². The lowest BCUT2D eigenvalue weighted by atomic mass is 9.77. The van der Waals surface area contributed by atoms with Crippen molar-refractivity contribution in [2.75, 3.05) is 79.5 Å². The van der Waals surface area contributed by atoms with Crippen LogP contribution in [-0.2, 0) is 79.1 Å². The number of nitrogens with zero attached hydrogens (tertiary/aromatic N) is 1. The first-order valence-corrected chi connectivity index (χ1v) is 46.9. The number of ether oxygens (including phenoxy) is 2. The van der Waals surface area contributed by atoms with Gasteiger partial charge in [-0.15, -0.1) is 0 Å². The Labute approximate surface area is 830 Å². The van der Waals surface area contributed by atoms with E-state index in [0.29, 0.717) is 35.5 Å². The molecule has 54 nitrogen and oxygen atoms in total. The Kier molecular flexibility index (Phi) is 48.5. The predicted octanol–water partition coefficient (Wildman–Crippen LogP) is -7.40. The minimum atomic E-state index is -1.76. The molecule has 54 heteroatoms. The number of esters is 1. The number of carbonyl (C=O) groups excluding carboxylic acids is 15. The molecule has 4 aromatic rings. The van der Waals surface area contributed by atoms with Crippen LogP contribution in [0.15, 0.2) is 83.9 Å². The first kappa shape index (κ1) is 116. The van der Waals surface area contributed by atoms with Crippen molar-refractivity contribution in [2.24, 2.45) is 56.6 Å². The van der Waals surface area contributed by atoms with Crippen LogP contribution in [0.2, 0.25) is 0 Å². The minimum Gasteiger partial charge on any atom is -0.508 e. The van der Waals surface area contributed by atoms with E-state index >= 15 is 14.4 Å². The second-order valence-electron chi connectivity index (χ2n) is 33.9. The number of aliphatic imine (C=N–C) groups is 1. The molecular weight excluding hydrogens is 1880 g/mol. The van der Waals surface area contributed by atoms with Gasteiger partial charge in [0.15, 0.2) is 41.4 Å². The Morgan fingerprint density at radius 3 is 1.09 bits per heavy atom. The van der Waals surface area contributed by atoms with Crippen molar-refractivity contribution in [1.29, 1.82) is 27.0 Å².